The van der Waals surface area contributed by atoms with Crippen LogP contribution in [0.25, 0.3) is 0 Å². The number of nitrogens with one attached hydrogen (secondary N) is 1. The Hall–Kier alpha value is -0.600. The van der Waals surface area contributed by atoms with Gasteiger partial charge in [0.2, 0.25) is 0 Å². The van der Waals surface area contributed by atoms with Crippen LogP contribution in [-0.2, 0) is 0 Å². The average Bonchev–Trinajstić information content (AvgIpc) is 2.26. The Kier molecular flexibility index (Phi) is 5.78. The largest absolute Gasteiger partial charge is 0.306 e. The molecule has 1 nitrogen and oxygen atoms in total. The van der Waals surface area contributed by atoms with Gasteiger partial charge in [0, 0.05) is 17.1 Å². The van der Waals surface area contributed by atoms with Crippen LogP contribution in [-0.4, -0.2) is 6.54 Å². The molecule has 1 rings (SSSR count). The minimum Gasteiger partial charge on any atom is -0.306 e. The molecule has 0 fully saturated rings. The van der Waals surface area contributed by atoms with Crippen LogP contribution in [0, 0.1) is 0 Å². The van der Waals surface area contributed by atoms with Crippen molar-refractivity contribution in [2.75, 3.05) is 6.54 Å². The molecular formula is C14H20BrN. The molecule has 0 aliphatic rings. The molecule has 1 atom stereocenters. The number of rotatable bonds is 5. The fourth-order valence-corrected chi connectivity index (χ4v) is 1.86. The van der Waals surface area contributed by atoms with Crippen molar-refractivity contribution in [3.8, 4) is 0 Å². The molecule has 16 heavy (non-hydrogen) atoms. The number of hydrogen-bond acceptors (Lipinski definition) is 1. The molecule has 0 heterocycles. The molecule has 0 aliphatic heterocycles. The van der Waals surface area contributed by atoms with Crippen molar-refractivity contribution in [1.82, 2.24) is 5.32 Å². The molecule has 0 bridgehead atoms. The van der Waals surface area contributed by atoms with Gasteiger partial charge in [0.1, 0.15) is 0 Å². The molecule has 1 aromatic carbocycles. The lowest BCUT2D eigenvalue weighted by molar-refractivity contribution is 0.550. The van der Waals surface area contributed by atoms with Gasteiger partial charge in [-0.1, -0.05) is 46.6 Å². The van der Waals surface area contributed by atoms with Crippen molar-refractivity contribution >= 4 is 15.9 Å². The Morgan fingerprint density at radius 3 is 2.44 bits per heavy atom. The topological polar surface area (TPSA) is 12.0 Å². The first-order valence-electron chi connectivity index (χ1n) is 5.75. The van der Waals surface area contributed by atoms with Crippen LogP contribution in [0.1, 0.15) is 38.8 Å². The first kappa shape index (κ1) is 13.5. The van der Waals surface area contributed by atoms with Crippen molar-refractivity contribution in [3.05, 3.63) is 46.0 Å². The number of hydrogen-bond donors (Lipinski definition) is 1. The maximum Gasteiger partial charge on any atom is 0.0320 e. The summed E-state index contributed by atoms with van der Waals surface area (Å²) in [6, 6.07) is 8.99. The summed E-state index contributed by atoms with van der Waals surface area (Å²) in [5.41, 5.74) is 2.71. The SMILES string of the molecule is CCC(NCC=C(C)C)c1ccc(Br)cc1. The zero-order valence-electron chi connectivity index (χ0n) is 10.3. The normalized spacial score (nSPS) is 12.2. The van der Waals surface area contributed by atoms with Crippen LogP contribution in [0.4, 0.5) is 0 Å². The van der Waals surface area contributed by atoms with Gasteiger partial charge in [-0.05, 0) is 38.0 Å². The van der Waals surface area contributed by atoms with Crippen molar-refractivity contribution in [2.45, 2.75) is 33.2 Å². The van der Waals surface area contributed by atoms with E-state index < -0.39 is 0 Å². The molecule has 0 saturated heterocycles. The second-order valence-corrected chi connectivity index (χ2v) is 5.12. The molecule has 0 aliphatic carbocycles. The zero-order chi connectivity index (χ0) is 12.0. The van der Waals surface area contributed by atoms with Gasteiger partial charge in [-0.3, -0.25) is 0 Å². The Morgan fingerprint density at radius 2 is 1.94 bits per heavy atom. The third-order valence-electron chi connectivity index (χ3n) is 2.56. The summed E-state index contributed by atoms with van der Waals surface area (Å²) >= 11 is 3.46. The van der Waals surface area contributed by atoms with Crippen LogP contribution in [0.2, 0.25) is 0 Å². The summed E-state index contributed by atoms with van der Waals surface area (Å²) in [4.78, 5) is 0. The molecular weight excluding hydrogens is 262 g/mol. The average molecular weight is 282 g/mol. The molecule has 1 aromatic rings. The summed E-state index contributed by atoms with van der Waals surface area (Å²) in [6.07, 6.45) is 3.33. The van der Waals surface area contributed by atoms with Gasteiger partial charge in [-0.15, -0.1) is 0 Å². The molecule has 0 spiro atoms. The number of halogens is 1. The lowest BCUT2D eigenvalue weighted by atomic mass is 10.0. The molecule has 1 N–H and O–H groups in total. The van der Waals surface area contributed by atoms with Crippen molar-refractivity contribution in [3.63, 3.8) is 0 Å². The molecule has 88 valence electrons. The zero-order valence-corrected chi connectivity index (χ0v) is 11.8. The van der Waals surface area contributed by atoms with Crippen LogP contribution in [0.3, 0.4) is 0 Å². The van der Waals surface area contributed by atoms with Crippen molar-refractivity contribution < 1.29 is 0 Å². The molecule has 0 radical (unpaired) electrons. The van der Waals surface area contributed by atoms with Crippen molar-refractivity contribution in [2.24, 2.45) is 0 Å². The van der Waals surface area contributed by atoms with E-state index in [2.05, 4.69) is 72.4 Å². The highest BCUT2D eigenvalue weighted by Gasteiger charge is 2.06. The summed E-state index contributed by atoms with van der Waals surface area (Å²) < 4.78 is 1.13. The van der Waals surface area contributed by atoms with E-state index in [0.717, 1.165) is 17.4 Å². The lowest BCUT2D eigenvalue weighted by Gasteiger charge is -2.16. The van der Waals surface area contributed by atoms with Gasteiger partial charge in [0.05, 0.1) is 0 Å². The summed E-state index contributed by atoms with van der Waals surface area (Å²) in [5, 5.41) is 3.54. The molecule has 2 heteroatoms. The third kappa shape index (κ3) is 4.50. The monoisotopic (exact) mass is 281 g/mol. The number of allylic oxidation sites excluding steroid dienone is 1. The van der Waals surface area contributed by atoms with E-state index in [1.165, 1.54) is 11.1 Å². The first-order chi connectivity index (χ1) is 7.63. The van der Waals surface area contributed by atoms with E-state index in [-0.39, 0.29) is 0 Å². The van der Waals surface area contributed by atoms with E-state index in [4.69, 9.17) is 0 Å². The highest BCUT2D eigenvalue weighted by molar-refractivity contribution is 9.10. The molecule has 0 saturated carbocycles. The number of benzene rings is 1. The molecule has 0 amide bonds. The molecule has 1 unspecified atom stereocenters. The second-order valence-electron chi connectivity index (χ2n) is 4.20. The second kappa shape index (κ2) is 6.87. The fourth-order valence-electron chi connectivity index (χ4n) is 1.60. The minimum absolute atomic E-state index is 0.448. The van der Waals surface area contributed by atoms with E-state index in [1.807, 2.05) is 0 Å². The van der Waals surface area contributed by atoms with Crippen molar-refractivity contribution in [1.29, 1.82) is 0 Å². The van der Waals surface area contributed by atoms with Gasteiger partial charge < -0.3 is 5.32 Å². The van der Waals surface area contributed by atoms with E-state index in [9.17, 15) is 0 Å². The Balaban J connectivity index is 2.60. The third-order valence-corrected chi connectivity index (χ3v) is 3.08. The van der Waals surface area contributed by atoms with E-state index in [1.54, 1.807) is 0 Å². The Bertz CT molecular complexity index is 336. The quantitative estimate of drug-likeness (QED) is 0.786. The highest BCUT2D eigenvalue weighted by Crippen LogP contribution is 2.19. The lowest BCUT2D eigenvalue weighted by Crippen LogP contribution is -2.20. The minimum atomic E-state index is 0.448. The Labute approximate surface area is 107 Å². The maximum absolute atomic E-state index is 3.54. The summed E-state index contributed by atoms with van der Waals surface area (Å²) in [6.45, 7) is 7.41. The van der Waals surface area contributed by atoms with Gasteiger partial charge >= 0.3 is 0 Å². The van der Waals surface area contributed by atoms with Gasteiger partial charge in [0.15, 0.2) is 0 Å². The standard InChI is InChI=1S/C14H20BrN/c1-4-14(16-10-9-11(2)3)12-5-7-13(15)8-6-12/h5-9,14,16H,4,10H2,1-3H3. The van der Waals surface area contributed by atoms with Crippen LogP contribution in [0.5, 0.6) is 0 Å². The summed E-state index contributed by atoms with van der Waals surface area (Å²) in [7, 11) is 0. The smallest absolute Gasteiger partial charge is 0.0320 e. The van der Waals surface area contributed by atoms with Crippen LogP contribution >= 0.6 is 15.9 Å². The van der Waals surface area contributed by atoms with E-state index >= 15 is 0 Å². The Morgan fingerprint density at radius 1 is 1.31 bits per heavy atom. The van der Waals surface area contributed by atoms with E-state index in [0.29, 0.717) is 6.04 Å². The maximum atomic E-state index is 3.54. The highest BCUT2D eigenvalue weighted by atomic mass is 79.9. The fraction of sp³-hybridized carbons (Fsp3) is 0.429. The van der Waals surface area contributed by atoms with Gasteiger partial charge in [-0.2, -0.15) is 0 Å². The molecule has 0 aromatic heterocycles. The predicted octanol–water partition coefficient (Wildman–Crippen LogP) is 4.46. The van der Waals surface area contributed by atoms with Crippen LogP contribution < -0.4 is 5.32 Å². The van der Waals surface area contributed by atoms with Gasteiger partial charge in [0.25, 0.3) is 0 Å². The summed E-state index contributed by atoms with van der Waals surface area (Å²) in [5.74, 6) is 0. The first-order valence-corrected chi connectivity index (χ1v) is 6.55. The van der Waals surface area contributed by atoms with Gasteiger partial charge in [-0.25, -0.2) is 0 Å². The predicted molar refractivity (Wildman–Crippen MR) is 74.6 cm³/mol. The van der Waals surface area contributed by atoms with Crippen LogP contribution in [0.15, 0.2) is 40.4 Å².